The second-order valence-electron chi connectivity index (χ2n) is 4.19. The minimum absolute atomic E-state index is 0.0542. The zero-order valence-corrected chi connectivity index (χ0v) is 13.0. The van der Waals surface area contributed by atoms with E-state index < -0.39 is 15.8 Å². The van der Waals surface area contributed by atoms with Crippen molar-refractivity contribution in [2.75, 3.05) is 20.2 Å². The molecule has 1 N–H and O–H groups in total. The molecule has 0 aromatic heterocycles. The maximum Gasteiger partial charge on any atom is 0.243 e. The van der Waals surface area contributed by atoms with Gasteiger partial charge >= 0.3 is 0 Å². The third kappa shape index (κ3) is 4.52. The van der Waals surface area contributed by atoms with Crippen molar-refractivity contribution in [1.29, 1.82) is 0 Å². The van der Waals surface area contributed by atoms with E-state index in [-0.39, 0.29) is 16.0 Å². The first-order valence-electron chi connectivity index (χ1n) is 5.92. The number of aliphatic hydroxyl groups excluding tert-OH is 1. The van der Waals surface area contributed by atoms with Gasteiger partial charge in [0.15, 0.2) is 0 Å². The maximum atomic E-state index is 13.0. The first-order valence-corrected chi connectivity index (χ1v) is 8.15. The lowest BCUT2D eigenvalue weighted by atomic mass is 10.2. The number of rotatable bonds is 7. The summed E-state index contributed by atoms with van der Waals surface area (Å²) in [7, 11) is -2.13. The smallest absolute Gasteiger partial charge is 0.243 e. The predicted octanol–water partition coefficient (Wildman–Crippen LogP) is 2.37. The molecule has 0 aliphatic rings. The summed E-state index contributed by atoms with van der Waals surface area (Å²) in [6.45, 7) is 0.478. The van der Waals surface area contributed by atoms with E-state index in [4.69, 9.17) is 5.11 Å². The molecule has 0 atom stereocenters. The molecule has 1 rings (SSSR count). The molecule has 0 amide bonds. The molecule has 108 valence electrons. The van der Waals surface area contributed by atoms with Crippen molar-refractivity contribution in [3.05, 3.63) is 28.5 Å². The highest BCUT2D eigenvalue weighted by Gasteiger charge is 2.23. The Kier molecular flexibility index (Phi) is 6.38. The summed E-state index contributed by atoms with van der Waals surface area (Å²) in [5.74, 6) is -0.489. The molecule has 4 nitrogen and oxygen atoms in total. The molecule has 0 saturated carbocycles. The molecule has 0 radical (unpaired) electrons. The van der Waals surface area contributed by atoms with Crippen molar-refractivity contribution in [2.24, 2.45) is 0 Å². The number of unbranched alkanes of at least 4 members (excludes halogenated alkanes) is 2. The van der Waals surface area contributed by atoms with Gasteiger partial charge in [0.1, 0.15) is 5.82 Å². The fraction of sp³-hybridized carbons (Fsp3) is 0.500. The second kappa shape index (κ2) is 7.33. The van der Waals surface area contributed by atoms with Crippen LogP contribution in [-0.2, 0) is 10.0 Å². The Bertz CT molecular complexity index is 522. The van der Waals surface area contributed by atoms with Gasteiger partial charge in [-0.1, -0.05) is 0 Å². The molecular weight excluding hydrogens is 337 g/mol. The summed E-state index contributed by atoms with van der Waals surface area (Å²) >= 11 is 3.07. The summed E-state index contributed by atoms with van der Waals surface area (Å²) < 4.78 is 38.9. The van der Waals surface area contributed by atoms with E-state index in [1.54, 1.807) is 0 Å². The van der Waals surface area contributed by atoms with Crippen LogP contribution in [0.5, 0.6) is 0 Å². The first kappa shape index (κ1) is 16.6. The van der Waals surface area contributed by atoms with Crippen LogP contribution in [0.2, 0.25) is 0 Å². The molecular formula is C12H17BrFNO3S. The lowest BCUT2D eigenvalue weighted by molar-refractivity contribution is 0.281. The Balaban J connectivity index is 2.79. The molecule has 0 heterocycles. The van der Waals surface area contributed by atoms with Gasteiger partial charge in [-0.15, -0.1) is 0 Å². The standard InChI is InChI=1S/C12H17BrFNO3S/c1-15(7-3-2-4-8-16)19(17,18)12-6-5-10(14)9-11(12)13/h5-6,9,16H,2-4,7-8H2,1H3. The van der Waals surface area contributed by atoms with Crippen LogP contribution in [0.4, 0.5) is 4.39 Å². The number of hydrogen-bond acceptors (Lipinski definition) is 3. The Labute approximate surface area is 121 Å². The van der Waals surface area contributed by atoms with Crippen molar-refractivity contribution >= 4 is 26.0 Å². The molecule has 0 unspecified atom stereocenters. The molecule has 0 aliphatic carbocycles. The lowest BCUT2D eigenvalue weighted by Gasteiger charge is -2.18. The van der Waals surface area contributed by atoms with Crippen LogP contribution >= 0.6 is 15.9 Å². The number of hydrogen-bond donors (Lipinski definition) is 1. The Morgan fingerprint density at radius 3 is 2.58 bits per heavy atom. The summed E-state index contributed by atoms with van der Waals surface area (Å²) in [6, 6.07) is 3.50. The Morgan fingerprint density at radius 1 is 1.32 bits per heavy atom. The molecule has 7 heteroatoms. The SMILES string of the molecule is CN(CCCCCO)S(=O)(=O)c1ccc(F)cc1Br. The molecule has 19 heavy (non-hydrogen) atoms. The van der Waals surface area contributed by atoms with Crippen LogP contribution in [0.15, 0.2) is 27.6 Å². The largest absolute Gasteiger partial charge is 0.396 e. The van der Waals surface area contributed by atoms with Gasteiger partial charge < -0.3 is 5.11 Å². The van der Waals surface area contributed by atoms with Crippen LogP contribution < -0.4 is 0 Å². The predicted molar refractivity (Wildman–Crippen MR) is 74.9 cm³/mol. The zero-order valence-electron chi connectivity index (χ0n) is 10.6. The van der Waals surface area contributed by atoms with Crippen LogP contribution in [0.25, 0.3) is 0 Å². The molecule has 0 bridgehead atoms. The molecule has 1 aromatic rings. The third-order valence-corrected chi connectivity index (χ3v) is 5.55. The fourth-order valence-corrected chi connectivity index (χ4v) is 3.81. The van der Waals surface area contributed by atoms with Gasteiger partial charge in [0.25, 0.3) is 0 Å². The van der Waals surface area contributed by atoms with Crippen LogP contribution in [0, 0.1) is 5.82 Å². The highest BCUT2D eigenvalue weighted by molar-refractivity contribution is 9.10. The van der Waals surface area contributed by atoms with Crippen molar-refractivity contribution in [3.8, 4) is 0 Å². The van der Waals surface area contributed by atoms with E-state index in [1.807, 2.05) is 0 Å². The quantitative estimate of drug-likeness (QED) is 0.765. The minimum atomic E-state index is -3.62. The van der Waals surface area contributed by atoms with Crippen LogP contribution in [0.3, 0.4) is 0 Å². The van der Waals surface area contributed by atoms with E-state index in [1.165, 1.54) is 17.4 Å². The summed E-state index contributed by atoms with van der Waals surface area (Å²) in [5.41, 5.74) is 0. The minimum Gasteiger partial charge on any atom is -0.396 e. The van der Waals surface area contributed by atoms with Gasteiger partial charge in [-0.2, -0.15) is 0 Å². The number of sulfonamides is 1. The summed E-state index contributed by atoms with van der Waals surface area (Å²) in [5, 5.41) is 8.66. The molecule has 0 saturated heterocycles. The van der Waals surface area contributed by atoms with Crippen molar-refractivity contribution in [2.45, 2.75) is 24.2 Å². The van der Waals surface area contributed by atoms with Gasteiger partial charge in [-0.05, 0) is 53.4 Å². The Morgan fingerprint density at radius 2 is 2.00 bits per heavy atom. The lowest BCUT2D eigenvalue weighted by Crippen LogP contribution is -2.28. The highest BCUT2D eigenvalue weighted by Crippen LogP contribution is 2.25. The molecule has 0 aliphatic heterocycles. The number of benzene rings is 1. The van der Waals surface area contributed by atoms with Gasteiger partial charge in [0.2, 0.25) is 10.0 Å². The first-order chi connectivity index (χ1) is 8.89. The van der Waals surface area contributed by atoms with E-state index >= 15 is 0 Å². The fourth-order valence-electron chi connectivity index (χ4n) is 1.60. The normalized spacial score (nSPS) is 12.1. The molecule has 0 spiro atoms. The van der Waals surface area contributed by atoms with E-state index in [9.17, 15) is 12.8 Å². The number of halogens is 2. The third-order valence-electron chi connectivity index (χ3n) is 2.71. The average molecular weight is 354 g/mol. The summed E-state index contributed by atoms with van der Waals surface area (Å²) in [4.78, 5) is 0.0542. The number of aliphatic hydroxyl groups is 1. The van der Waals surface area contributed by atoms with Crippen molar-refractivity contribution in [3.63, 3.8) is 0 Å². The van der Waals surface area contributed by atoms with Crippen molar-refractivity contribution in [1.82, 2.24) is 4.31 Å². The monoisotopic (exact) mass is 353 g/mol. The van der Waals surface area contributed by atoms with Gasteiger partial charge in [-0.3, -0.25) is 0 Å². The summed E-state index contributed by atoms with van der Waals surface area (Å²) in [6.07, 6.45) is 2.10. The van der Waals surface area contributed by atoms with Gasteiger partial charge in [-0.25, -0.2) is 17.1 Å². The van der Waals surface area contributed by atoms with Gasteiger partial charge in [0.05, 0.1) is 4.90 Å². The second-order valence-corrected chi connectivity index (χ2v) is 7.05. The van der Waals surface area contributed by atoms with E-state index in [0.29, 0.717) is 19.4 Å². The van der Waals surface area contributed by atoms with Crippen LogP contribution in [0.1, 0.15) is 19.3 Å². The number of nitrogens with zero attached hydrogens (tertiary/aromatic N) is 1. The van der Waals surface area contributed by atoms with Gasteiger partial charge in [0, 0.05) is 24.7 Å². The maximum absolute atomic E-state index is 13.0. The zero-order chi connectivity index (χ0) is 14.5. The van der Waals surface area contributed by atoms with Crippen molar-refractivity contribution < 1.29 is 17.9 Å². The topological polar surface area (TPSA) is 57.6 Å². The molecule has 1 aromatic carbocycles. The van der Waals surface area contributed by atoms with E-state index in [2.05, 4.69) is 15.9 Å². The van der Waals surface area contributed by atoms with E-state index in [0.717, 1.165) is 18.6 Å². The highest BCUT2D eigenvalue weighted by atomic mass is 79.9. The molecule has 0 fully saturated rings. The van der Waals surface area contributed by atoms with Crippen LogP contribution in [-0.4, -0.2) is 38.0 Å². The average Bonchev–Trinajstić information content (AvgIpc) is 2.33. The Hall–Kier alpha value is -0.500.